The van der Waals surface area contributed by atoms with Crippen LogP contribution in [0.25, 0.3) is 33.1 Å². The molecule has 1 saturated heterocycles. The number of pyridine rings is 2. The van der Waals surface area contributed by atoms with Gasteiger partial charge in [-0.15, -0.1) is 0 Å². The van der Waals surface area contributed by atoms with Crippen LogP contribution in [-0.4, -0.2) is 63.5 Å². The van der Waals surface area contributed by atoms with Crippen molar-refractivity contribution in [1.29, 1.82) is 0 Å². The number of piperidine rings is 1. The Kier molecular flexibility index (Phi) is 6.69. The summed E-state index contributed by atoms with van der Waals surface area (Å²) in [7, 11) is 3.55. The summed E-state index contributed by atoms with van der Waals surface area (Å²) in [6.45, 7) is 4.20. The SMILES string of the molecule is COC1CC(n2c(=O)n(C)c3cnc4ccc(-c5ccc(OCCCN6CCCCC6)nc5)cc4c32)C1. The fraction of sp³-hybridized carbons (Fsp3) is 0.483. The van der Waals surface area contributed by atoms with Crippen molar-refractivity contribution < 1.29 is 9.47 Å². The Morgan fingerprint density at radius 3 is 2.57 bits per heavy atom. The van der Waals surface area contributed by atoms with Gasteiger partial charge in [0.25, 0.3) is 0 Å². The minimum Gasteiger partial charge on any atom is -0.478 e. The standard InChI is InChI=1S/C29H35N5O3/c1-32-26-19-30-25-9-7-20(15-24(25)28(26)34(29(32)35)22-16-23(17-22)36-2)21-8-10-27(31-18-21)37-14-6-13-33-11-4-3-5-12-33/h7-10,15,18-19,22-23H,3-6,11-14,16-17H2,1-2H3. The number of fused-ring (bicyclic) bond motifs is 3. The van der Waals surface area contributed by atoms with Gasteiger partial charge in [-0.2, -0.15) is 0 Å². The van der Waals surface area contributed by atoms with E-state index in [1.54, 1.807) is 17.9 Å². The predicted octanol–water partition coefficient (Wildman–Crippen LogP) is 4.55. The van der Waals surface area contributed by atoms with Crippen LogP contribution in [0.3, 0.4) is 0 Å². The van der Waals surface area contributed by atoms with Crippen LogP contribution in [0.5, 0.6) is 5.88 Å². The number of hydrogen-bond acceptors (Lipinski definition) is 6. The molecule has 0 radical (unpaired) electrons. The lowest BCUT2D eigenvalue weighted by Gasteiger charge is -2.34. The Labute approximate surface area is 216 Å². The molecule has 4 aromatic rings. The molecule has 0 bridgehead atoms. The molecule has 8 heteroatoms. The molecule has 0 N–H and O–H groups in total. The van der Waals surface area contributed by atoms with Gasteiger partial charge in [0.15, 0.2) is 0 Å². The van der Waals surface area contributed by atoms with Gasteiger partial charge in [0.1, 0.15) is 0 Å². The molecule has 0 atom stereocenters. The highest BCUT2D eigenvalue weighted by Gasteiger charge is 2.33. The highest BCUT2D eigenvalue weighted by Crippen LogP contribution is 2.37. The summed E-state index contributed by atoms with van der Waals surface area (Å²) in [6, 6.07) is 10.3. The molecule has 0 spiro atoms. The van der Waals surface area contributed by atoms with Crippen molar-refractivity contribution >= 4 is 21.9 Å². The van der Waals surface area contributed by atoms with Crippen LogP contribution < -0.4 is 10.4 Å². The number of aryl methyl sites for hydroxylation is 1. The lowest BCUT2D eigenvalue weighted by molar-refractivity contribution is 0.00635. The minimum absolute atomic E-state index is 0.00212. The monoisotopic (exact) mass is 501 g/mol. The smallest absolute Gasteiger partial charge is 0.329 e. The first-order chi connectivity index (χ1) is 18.1. The van der Waals surface area contributed by atoms with Crippen molar-refractivity contribution in [3.8, 4) is 17.0 Å². The van der Waals surface area contributed by atoms with Crippen LogP contribution in [0, 0.1) is 0 Å². The van der Waals surface area contributed by atoms with E-state index in [1.807, 2.05) is 29.9 Å². The Hall–Kier alpha value is -3.23. The van der Waals surface area contributed by atoms with Crippen LogP contribution in [0.15, 0.2) is 47.5 Å². The zero-order valence-corrected chi connectivity index (χ0v) is 21.7. The third-order valence-electron chi connectivity index (χ3n) is 8.07. The molecule has 6 rings (SSSR count). The molecule has 1 saturated carbocycles. The van der Waals surface area contributed by atoms with Crippen molar-refractivity contribution in [2.45, 2.75) is 50.7 Å². The number of benzene rings is 1. The maximum Gasteiger partial charge on any atom is 0.329 e. The first-order valence-corrected chi connectivity index (χ1v) is 13.5. The van der Waals surface area contributed by atoms with E-state index in [1.165, 1.54) is 32.4 Å². The molecule has 2 aliphatic rings. The van der Waals surface area contributed by atoms with Crippen molar-refractivity contribution in [1.82, 2.24) is 24.0 Å². The fourth-order valence-corrected chi connectivity index (χ4v) is 5.77. The molecule has 1 aliphatic heterocycles. The van der Waals surface area contributed by atoms with Gasteiger partial charge in [-0.1, -0.05) is 12.5 Å². The number of ether oxygens (including phenoxy) is 2. The number of hydrogen-bond donors (Lipinski definition) is 0. The lowest BCUT2D eigenvalue weighted by Crippen LogP contribution is -2.37. The number of likely N-dealkylation sites (tertiary alicyclic amines) is 1. The zero-order chi connectivity index (χ0) is 25.4. The summed E-state index contributed by atoms with van der Waals surface area (Å²) >= 11 is 0. The minimum atomic E-state index is -0.00212. The molecular formula is C29H35N5O3. The Bertz CT molecular complexity index is 1450. The highest BCUT2D eigenvalue weighted by atomic mass is 16.5. The maximum absolute atomic E-state index is 13.2. The number of rotatable bonds is 8. The van der Waals surface area contributed by atoms with Gasteiger partial charge < -0.3 is 14.4 Å². The van der Waals surface area contributed by atoms with Gasteiger partial charge in [-0.25, -0.2) is 9.78 Å². The van der Waals surface area contributed by atoms with Gasteiger partial charge in [0.05, 0.1) is 35.5 Å². The summed E-state index contributed by atoms with van der Waals surface area (Å²) < 4.78 is 15.0. The van der Waals surface area contributed by atoms with E-state index in [2.05, 4.69) is 33.1 Å². The Morgan fingerprint density at radius 1 is 1.00 bits per heavy atom. The van der Waals surface area contributed by atoms with Crippen LogP contribution >= 0.6 is 0 Å². The zero-order valence-electron chi connectivity index (χ0n) is 21.7. The van der Waals surface area contributed by atoms with Gasteiger partial charge in [-0.05, 0) is 69.0 Å². The molecule has 194 valence electrons. The number of nitrogens with zero attached hydrogens (tertiary/aromatic N) is 5. The van der Waals surface area contributed by atoms with E-state index < -0.39 is 0 Å². The average Bonchev–Trinajstić information content (AvgIpc) is 3.17. The molecule has 0 unspecified atom stereocenters. The first-order valence-electron chi connectivity index (χ1n) is 13.5. The van der Waals surface area contributed by atoms with Gasteiger partial charge in [-0.3, -0.25) is 14.1 Å². The Morgan fingerprint density at radius 2 is 1.81 bits per heavy atom. The number of methoxy groups -OCH3 is 1. The third-order valence-corrected chi connectivity index (χ3v) is 8.07. The third kappa shape index (κ3) is 4.64. The normalized spacial score (nSPS) is 20.4. The van der Waals surface area contributed by atoms with Gasteiger partial charge >= 0.3 is 5.69 Å². The maximum atomic E-state index is 13.2. The van der Waals surface area contributed by atoms with Gasteiger partial charge in [0.2, 0.25) is 5.88 Å². The average molecular weight is 502 g/mol. The molecular weight excluding hydrogens is 466 g/mol. The van der Waals surface area contributed by atoms with E-state index in [4.69, 9.17) is 9.47 Å². The van der Waals surface area contributed by atoms with Crippen LogP contribution in [0.4, 0.5) is 0 Å². The largest absolute Gasteiger partial charge is 0.478 e. The van der Waals surface area contributed by atoms with Gasteiger partial charge in [0, 0.05) is 50.0 Å². The summed E-state index contributed by atoms with van der Waals surface area (Å²) in [5.41, 5.74) is 4.71. The van der Waals surface area contributed by atoms with E-state index >= 15 is 0 Å². The van der Waals surface area contributed by atoms with Crippen molar-refractivity contribution in [2.75, 3.05) is 33.4 Å². The summed E-state index contributed by atoms with van der Waals surface area (Å²) in [5, 5.41) is 0.978. The Balaban J connectivity index is 1.23. The van der Waals surface area contributed by atoms with E-state index in [0.29, 0.717) is 12.5 Å². The van der Waals surface area contributed by atoms with Crippen molar-refractivity contribution in [3.05, 3.63) is 53.2 Å². The second kappa shape index (κ2) is 10.3. The molecule has 0 amide bonds. The number of imidazole rings is 1. The van der Waals surface area contributed by atoms with E-state index in [0.717, 1.165) is 58.9 Å². The van der Waals surface area contributed by atoms with Crippen LogP contribution in [-0.2, 0) is 11.8 Å². The summed E-state index contributed by atoms with van der Waals surface area (Å²) in [4.78, 5) is 24.9. The molecule has 37 heavy (non-hydrogen) atoms. The summed E-state index contributed by atoms with van der Waals surface area (Å²) in [5.74, 6) is 0.654. The second-order valence-electron chi connectivity index (χ2n) is 10.4. The number of aromatic nitrogens is 4. The quantitative estimate of drug-likeness (QED) is 0.330. The molecule has 1 aliphatic carbocycles. The van der Waals surface area contributed by atoms with Crippen molar-refractivity contribution in [2.24, 2.45) is 7.05 Å². The van der Waals surface area contributed by atoms with Crippen molar-refractivity contribution in [3.63, 3.8) is 0 Å². The van der Waals surface area contributed by atoms with Crippen LogP contribution in [0.2, 0.25) is 0 Å². The van der Waals surface area contributed by atoms with Crippen LogP contribution in [0.1, 0.15) is 44.6 Å². The lowest BCUT2D eigenvalue weighted by atomic mass is 9.89. The topological polar surface area (TPSA) is 74.4 Å². The fourth-order valence-electron chi connectivity index (χ4n) is 5.77. The summed E-state index contributed by atoms with van der Waals surface area (Å²) in [6.07, 6.45) is 10.6. The first kappa shape index (κ1) is 24.1. The van der Waals surface area contributed by atoms with E-state index in [9.17, 15) is 4.79 Å². The predicted molar refractivity (Wildman–Crippen MR) is 145 cm³/mol. The molecule has 2 fully saturated rings. The molecule has 4 heterocycles. The second-order valence-corrected chi connectivity index (χ2v) is 10.4. The molecule has 8 nitrogen and oxygen atoms in total. The molecule has 1 aromatic carbocycles. The highest BCUT2D eigenvalue weighted by molar-refractivity contribution is 6.04. The van der Waals surface area contributed by atoms with E-state index in [-0.39, 0.29) is 17.8 Å². The molecule has 3 aromatic heterocycles.